The Morgan fingerprint density at radius 3 is 2.78 bits per heavy atom. The van der Waals surface area contributed by atoms with Crippen LogP contribution < -0.4 is 4.74 Å². The van der Waals surface area contributed by atoms with E-state index in [9.17, 15) is 9.90 Å². The van der Waals surface area contributed by atoms with Crippen molar-refractivity contribution in [2.75, 3.05) is 19.7 Å². The van der Waals surface area contributed by atoms with E-state index < -0.39 is 5.97 Å². The van der Waals surface area contributed by atoms with Gasteiger partial charge in [0, 0.05) is 16.6 Å². The van der Waals surface area contributed by atoms with Crippen molar-refractivity contribution in [1.29, 1.82) is 0 Å². The molecule has 0 amide bonds. The maximum atomic E-state index is 11.6. The van der Waals surface area contributed by atoms with Gasteiger partial charge in [-0.1, -0.05) is 40.2 Å². The van der Waals surface area contributed by atoms with Crippen molar-refractivity contribution < 1.29 is 14.6 Å². The molecule has 144 valence electrons. The number of aliphatic carboxylic acids is 1. The lowest BCUT2D eigenvalue weighted by atomic mass is 9.89. The molecule has 0 aliphatic carbocycles. The Bertz CT molecular complexity index is 808. The number of carbonyl (C=O) groups is 1. The quantitative estimate of drug-likeness (QED) is 0.695. The van der Waals surface area contributed by atoms with Crippen LogP contribution in [0, 0.1) is 12.8 Å². The molecule has 0 radical (unpaired) electrons. The lowest BCUT2D eigenvalue weighted by Crippen LogP contribution is -2.41. The summed E-state index contributed by atoms with van der Waals surface area (Å²) in [5, 5.41) is 9.56. The smallest absolute Gasteiger partial charge is 0.307 e. The summed E-state index contributed by atoms with van der Waals surface area (Å²) >= 11 is 3.60. The zero-order valence-corrected chi connectivity index (χ0v) is 17.4. The summed E-state index contributed by atoms with van der Waals surface area (Å²) < 4.78 is 6.93. The van der Waals surface area contributed by atoms with E-state index in [4.69, 9.17) is 4.74 Å². The van der Waals surface area contributed by atoms with Crippen molar-refractivity contribution in [3.05, 3.63) is 63.6 Å². The number of carboxylic acid groups (broad SMARTS) is 1. The SMILES string of the molecule is CCOc1ccc(Br)cc1C(c1ccccc1C)N1CCCC(C(=O)O)C1. The van der Waals surface area contributed by atoms with Crippen molar-refractivity contribution in [1.82, 2.24) is 4.90 Å². The summed E-state index contributed by atoms with van der Waals surface area (Å²) in [6, 6.07) is 14.4. The summed E-state index contributed by atoms with van der Waals surface area (Å²) in [5.74, 6) is -0.179. The Balaban J connectivity index is 2.10. The summed E-state index contributed by atoms with van der Waals surface area (Å²) in [6.45, 7) is 6.11. The summed E-state index contributed by atoms with van der Waals surface area (Å²) in [6.07, 6.45) is 1.63. The largest absolute Gasteiger partial charge is 0.494 e. The van der Waals surface area contributed by atoms with Gasteiger partial charge in [0.2, 0.25) is 0 Å². The highest BCUT2D eigenvalue weighted by atomic mass is 79.9. The number of likely N-dealkylation sites (tertiary alicyclic amines) is 1. The van der Waals surface area contributed by atoms with Gasteiger partial charge in [-0.25, -0.2) is 0 Å². The summed E-state index contributed by atoms with van der Waals surface area (Å²) in [7, 11) is 0. The van der Waals surface area contributed by atoms with Gasteiger partial charge >= 0.3 is 5.97 Å². The van der Waals surface area contributed by atoms with E-state index >= 15 is 0 Å². The van der Waals surface area contributed by atoms with Gasteiger partial charge < -0.3 is 9.84 Å². The van der Waals surface area contributed by atoms with Crippen LogP contribution in [0.4, 0.5) is 0 Å². The van der Waals surface area contributed by atoms with Crippen molar-refractivity contribution in [3.63, 3.8) is 0 Å². The van der Waals surface area contributed by atoms with Gasteiger partial charge in [-0.3, -0.25) is 9.69 Å². The molecule has 4 nitrogen and oxygen atoms in total. The molecule has 0 spiro atoms. The van der Waals surface area contributed by atoms with Gasteiger partial charge in [0.25, 0.3) is 0 Å². The molecule has 0 bridgehead atoms. The molecule has 1 heterocycles. The van der Waals surface area contributed by atoms with Crippen molar-refractivity contribution >= 4 is 21.9 Å². The van der Waals surface area contributed by atoms with Crippen LogP contribution in [0.25, 0.3) is 0 Å². The van der Waals surface area contributed by atoms with Gasteiger partial charge in [0.15, 0.2) is 0 Å². The molecule has 0 aromatic heterocycles. The van der Waals surface area contributed by atoms with Gasteiger partial charge in [-0.15, -0.1) is 0 Å². The molecule has 2 aromatic carbocycles. The first-order valence-corrected chi connectivity index (χ1v) is 10.2. The van der Waals surface area contributed by atoms with Crippen LogP contribution in [-0.4, -0.2) is 35.7 Å². The highest BCUT2D eigenvalue weighted by Gasteiger charge is 2.33. The Kier molecular flexibility index (Phi) is 6.55. The monoisotopic (exact) mass is 431 g/mol. The molecule has 1 fully saturated rings. The predicted molar refractivity (Wildman–Crippen MR) is 110 cm³/mol. The third-order valence-electron chi connectivity index (χ3n) is 5.22. The molecule has 1 aliphatic rings. The number of hydrogen-bond donors (Lipinski definition) is 1. The Labute approximate surface area is 169 Å². The van der Waals surface area contributed by atoms with Crippen LogP contribution in [0.15, 0.2) is 46.9 Å². The van der Waals surface area contributed by atoms with Crippen molar-refractivity contribution in [3.8, 4) is 5.75 Å². The second-order valence-electron chi connectivity index (χ2n) is 7.05. The zero-order chi connectivity index (χ0) is 19.4. The minimum absolute atomic E-state index is 0.0348. The van der Waals surface area contributed by atoms with E-state index in [-0.39, 0.29) is 12.0 Å². The van der Waals surface area contributed by atoms with E-state index in [2.05, 4.69) is 46.0 Å². The minimum atomic E-state index is -0.706. The van der Waals surface area contributed by atoms with E-state index in [0.717, 1.165) is 35.2 Å². The number of halogens is 1. The Morgan fingerprint density at radius 2 is 2.07 bits per heavy atom. The number of ether oxygens (including phenoxy) is 1. The second kappa shape index (κ2) is 8.89. The van der Waals surface area contributed by atoms with Crippen LogP contribution >= 0.6 is 15.9 Å². The van der Waals surface area contributed by atoms with Crippen molar-refractivity contribution in [2.24, 2.45) is 5.92 Å². The van der Waals surface area contributed by atoms with Crippen LogP contribution in [0.3, 0.4) is 0 Å². The van der Waals surface area contributed by atoms with Gasteiger partial charge in [0.1, 0.15) is 5.75 Å². The molecular formula is C22H26BrNO3. The predicted octanol–water partition coefficient (Wildman–Crippen LogP) is 5.04. The minimum Gasteiger partial charge on any atom is -0.494 e. The maximum Gasteiger partial charge on any atom is 0.307 e. The lowest BCUT2D eigenvalue weighted by Gasteiger charge is -2.38. The maximum absolute atomic E-state index is 11.6. The fourth-order valence-corrected chi connectivity index (χ4v) is 4.30. The highest BCUT2D eigenvalue weighted by molar-refractivity contribution is 9.10. The van der Waals surface area contributed by atoms with Crippen LogP contribution in [-0.2, 0) is 4.79 Å². The molecule has 27 heavy (non-hydrogen) atoms. The number of rotatable bonds is 6. The molecule has 2 unspecified atom stereocenters. The van der Waals surface area contributed by atoms with Crippen LogP contribution in [0.2, 0.25) is 0 Å². The Hall–Kier alpha value is -1.85. The van der Waals surface area contributed by atoms with Crippen LogP contribution in [0.5, 0.6) is 5.75 Å². The number of benzene rings is 2. The van der Waals surface area contributed by atoms with Crippen LogP contribution in [0.1, 0.15) is 42.5 Å². The number of piperidine rings is 1. The molecule has 0 saturated carbocycles. The van der Waals surface area contributed by atoms with E-state index in [1.54, 1.807) is 0 Å². The fourth-order valence-electron chi connectivity index (χ4n) is 3.92. The first-order valence-electron chi connectivity index (χ1n) is 9.46. The summed E-state index contributed by atoms with van der Waals surface area (Å²) in [5.41, 5.74) is 3.47. The van der Waals surface area contributed by atoms with E-state index in [1.165, 1.54) is 11.1 Å². The number of nitrogens with zero attached hydrogens (tertiary/aromatic N) is 1. The van der Waals surface area contributed by atoms with Gasteiger partial charge in [-0.05, 0) is 62.6 Å². The summed E-state index contributed by atoms with van der Waals surface area (Å²) in [4.78, 5) is 13.9. The molecule has 2 atom stereocenters. The highest BCUT2D eigenvalue weighted by Crippen LogP contribution is 2.39. The molecule has 1 aliphatic heterocycles. The van der Waals surface area contributed by atoms with E-state index in [1.807, 2.05) is 31.2 Å². The first-order chi connectivity index (χ1) is 13.0. The second-order valence-corrected chi connectivity index (χ2v) is 7.96. The molecule has 1 saturated heterocycles. The number of aryl methyl sites for hydroxylation is 1. The third kappa shape index (κ3) is 4.53. The van der Waals surface area contributed by atoms with Crippen molar-refractivity contribution in [2.45, 2.75) is 32.7 Å². The normalized spacial score (nSPS) is 18.9. The molecule has 3 rings (SSSR count). The topological polar surface area (TPSA) is 49.8 Å². The number of hydrogen-bond acceptors (Lipinski definition) is 3. The number of carboxylic acids is 1. The average Bonchev–Trinajstić information content (AvgIpc) is 2.66. The molecule has 1 N–H and O–H groups in total. The molecular weight excluding hydrogens is 406 g/mol. The first kappa shape index (κ1) is 19.9. The average molecular weight is 432 g/mol. The lowest BCUT2D eigenvalue weighted by molar-refractivity contribution is -0.143. The van der Waals surface area contributed by atoms with Gasteiger partial charge in [0.05, 0.1) is 18.6 Å². The molecule has 2 aromatic rings. The third-order valence-corrected chi connectivity index (χ3v) is 5.71. The van der Waals surface area contributed by atoms with Gasteiger partial charge in [-0.2, -0.15) is 0 Å². The standard InChI is InChI=1S/C22H26BrNO3/c1-3-27-20-11-10-17(23)13-19(20)21(18-9-5-4-7-15(18)2)24-12-6-8-16(14-24)22(25)26/h4-5,7,9-11,13,16,21H,3,6,8,12,14H2,1-2H3,(H,25,26). The Morgan fingerprint density at radius 1 is 1.30 bits per heavy atom. The van der Waals surface area contributed by atoms with E-state index in [0.29, 0.717) is 13.2 Å². The fraction of sp³-hybridized carbons (Fsp3) is 0.409. The zero-order valence-electron chi connectivity index (χ0n) is 15.8. The molecule has 5 heteroatoms.